The molecule has 0 fully saturated rings. The molecular weight excluding hydrogens is 217 g/mol. The van der Waals surface area contributed by atoms with Crippen molar-refractivity contribution in [2.24, 2.45) is 0 Å². The first-order chi connectivity index (χ1) is 6.92. The van der Waals surface area contributed by atoms with Gasteiger partial charge in [-0.15, -0.1) is 0 Å². The fourth-order valence-corrected chi connectivity index (χ4v) is 1.77. The van der Waals surface area contributed by atoms with Crippen LogP contribution < -0.4 is 0 Å². The van der Waals surface area contributed by atoms with Gasteiger partial charge in [-0.2, -0.15) is 0 Å². The Bertz CT molecular complexity index is 471. The molecule has 0 spiro atoms. The van der Waals surface area contributed by atoms with E-state index in [0.29, 0.717) is 11.3 Å². The SMILES string of the molecule is BOC(=O)c1ccnc(CS(C)(=O)=O)c1. The van der Waals surface area contributed by atoms with Gasteiger partial charge in [0.05, 0.1) is 17.0 Å². The molecule has 1 heterocycles. The molecule has 0 aliphatic carbocycles. The fourth-order valence-electron chi connectivity index (χ4n) is 1.07. The maximum Gasteiger partial charge on any atom is 0.326 e. The second-order valence-electron chi connectivity index (χ2n) is 3.10. The van der Waals surface area contributed by atoms with Crippen molar-refractivity contribution in [3.8, 4) is 0 Å². The molecule has 0 amide bonds. The van der Waals surface area contributed by atoms with Crippen molar-refractivity contribution in [1.29, 1.82) is 0 Å². The van der Waals surface area contributed by atoms with Gasteiger partial charge in [-0.3, -0.25) is 4.98 Å². The topological polar surface area (TPSA) is 73.3 Å². The Hall–Kier alpha value is -1.37. The molecule has 0 aliphatic rings. The van der Waals surface area contributed by atoms with Gasteiger partial charge in [-0.05, 0) is 12.1 Å². The zero-order chi connectivity index (χ0) is 11.5. The summed E-state index contributed by atoms with van der Waals surface area (Å²) in [6.07, 6.45) is 2.49. The highest BCUT2D eigenvalue weighted by molar-refractivity contribution is 7.89. The minimum Gasteiger partial charge on any atom is -0.540 e. The zero-order valence-corrected chi connectivity index (χ0v) is 9.24. The van der Waals surface area contributed by atoms with Crippen LogP contribution >= 0.6 is 0 Å². The van der Waals surface area contributed by atoms with Crippen LogP contribution in [0.5, 0.6) is 0 Å². The number of aromatic nitrogens is 1. The first-order valence-corrected chi connectivity index (χ1v) is 6.19. The third kappa shape index (κ3) is 3.71. The van der Waals surface area contributed by atoms with Gasteiger partial charge >= 0.3 is 14.0 Å². The molecule has 0 saturated carbocycles. The number of rotatable bonds is 3. The maximum absolute atomic E-state index is 11.1. The Balaban J connectivity index is 2.98. The molecule has 15 heavy (non-hydrogen) atoms. The van der Waals surface area contributed by atoms with Crippen LogP contribution in [0, 0.1) is 0 Å². The molecule has 0 aromatic carbocycles. The summed E-state index contributed by atoms with van der Waals surface area (Å²) in [6, 6.07) is 2.88. The smallest absolute Gasteiger partial charge is 0.326 e. The molecule has 0 radical (unpaired) electrons. The van der Waals surface area contributed by atoms with E-state index in [0.717, 1.165) is 6.26 Å². The van der Waals surface area contributed by atoms with Crippen LogP contribution in [-0.4, -0.2) is 33.7 Å². The van der Waals surface area contributed by atoms with Crippen molar-refractivity contribution < 1.29 is 17.9 Å². The quantitative estimate of drug-likeness (QED) is 0.640. The highest BCUT2D eigenvalue weighted by Gasteiger charge is 2.09. The van der Waals surface area contributed by atoms with Gasteiger partial charge in [0.2, 0.25) is 0 Å². The average Bonchev–Trinajstić information content (AvgIpc) is 2.14. The highest BCUT2D eigenvalue weighted by Crippen LogP contribution is 2.06. The summed E-state index contributed by atoms with van der Waals surface area (Å²) in [4.78, 5) is 15.0. The number of nitrogens with zero attached hydrogens (tertiary/aromatic N) is 1. The van der Waals surface area contributed by atoms with Crippen LogP contribution in [0.1, 0.15) is 16.1 Å². The van der Waals surface area contributed by atoms with E-state index < -0.39 is 15.8 Å². The Morgan fingerprint density at radius 1 is 1.60 bits per heavy atom. The second-order valence-corrected chi connectivity index (χ2v) is 5.24. The van der Waals surface area contributed by atoms with Crippen LogP contribution in [-0.2, 0) is 20.2 Å². The summed E-state index contributed by atoms with van der Waals surface area (Å²) < 4.78 is 26.5. The largest absolute Gasteiger partial charge is 0.540 e. The molecule has 0 saturated heterocycles. The molecular formula is C8H10BNO4S. The van der Waals surface area contributed by atoms with Gasteiger partial charge in [0.1, 0.15) is 0 Å². The summed E-state index contributed by atoms with van der Waals surface area (Å²) in [6.45, 7) is 0. The Kier molecular flexibility index (Phi) is 3.46. The molecule has 1 aromatic heterocycles. The maximum atomic E-state index is 11.1. The van der Waals surface area contributed by atoms with Crippen molar-refractivity contribution in [2.45, 2.75) is 5.75 Å². The lowest BCUT2D eigenvalue weighted by atomic mass is 10.2. The molecule has 1 aromatic rings. The van der Waals surface area contributed by atoms with E-state index >= 15 is 0 Å². The monoisotopic (exact) mass is 227 g/mol. The van der Waals surface area contributed by atoms with Gasteiger partial charge in [-0.25, -0.2) is 13.2 Å². The van der Waals surface area contributed by atoms with Crippen LogP contribution in [0.15, 0.2) is 18.3 Å². The average molecular weight is 227 g/mol. The zero-order valence-electron chi connectivity index (χ0n) is 8.43. The van der Waals surface area contributed by atoms with Gasteiger partial charge in [0.15, 0.2) is 9.84 Å². The molecule has 1 rings (SSSR count). The van der Waals surface area contributed by atoms with E-state index in [-0.39, 0.29) is 5.75 Å². The second kappa shape index (κ2) is 4.44. The predicted octanol–water partition coefficient (Wildman–Crippen LogP) is -0.669. The molecule has 0 N–H and O–H groups in total. The Morgan fingerprint density at radius 3 is 2.80 bits per heavy atom. The number of carbonyl (C=O) groups excluding carboxylic acids is 1. The number of sulfone groups is 1. The van der Waals surface area contributed by atoms with Crippen LogP contribution in [0.3, 0.4) is 0 Å². The van der Waals surface area contributed by atoms with Crippen molar-refractivity contribution >= 4 is 23.9 Å². The van der Waals surface area contributed by atoms with E-state index in [1.807, 2.05) is 0 Å². The summed E-state index contributed by atoms with van der Waals surface area (Å²) >= 11 is 0. The van der Waals surface area contributed by atoms with Crippen molar-refractivity contribution in [3.05, 3.63) is 29.6 Å². The van der Waals surface area contributed by atoms with Crippen molar-refractivity contribution in [2.75, 3.05) is 6.26 Å². The first-order valence-electron chi connectivity index (χ1n) is 4.13. The van der Waals surface area contributed by atoms with Crippen LogP contribution in [0.25, 0.3) is 0 Å². The third-order valence-electron chi connectivity index (χ3n) is 1.65. The van der Waals surface area contributed by atoms with E-state index in [9.17, 15) is 13.2 Å². The van der Waals surface area contributed by atoms with Crippen LogP contribution in [0.2, 0.25) is 0 Å². The number of hydrogen-bond acceptors (Lipinski definition) is 5. The molecule has 80 valence electrons. The molecule has 0 aliphatic heterocycles. The van der Waals surface area contributed by atoms with Gasteiger partial charge < -0.3 is 4.65 Å². The lowest BCUT2D eigenvalue weighted by Crippen LogP contribution is -2.06. The Labute approximate surface area is 88.8 Å². The standard InChI is InChI=1S/C8H10BNO4S/c1-15(12,13)5-7-4-6(2-3-10-7)8(11)14-9/h2-4H,5,9H2,1H3. The summed E-state index contributed by atoms with van der Waals surface area (Å²) in [7, 11) is -1.88. The number of carbonyl (C=O) groups is 1. The molecule has 0 bridgehead atoms. The first kappa shape index (κ1) is 11.7. The predicted molar refractivity (Wildman–Crippen MR) is 56.7 cm³/mol. The van der Waals surface area contributed by atoms with E-state index in [1.165, 1.54) is 26.4 Å². The van der Waals surface area contributed by atoms with Gasteiger partial charge in [0.25, 0.3) is 0 Å². The Morgan fingerprint density at radius 2 is 2.27 bits per heavy atom. The summed E-state index contributed by atoms with van der Waals surface area (Å²) in [5.74, 6) is -0.690. The van der Waals surface area contributed by atoms with Crippen LogP contribution in [0.4, 0.5) is 0 Å². The lowest BCUT2D eigenvalue weighted by molar-refractivity contribution is 0.0749. The van der Waals surface area contributed by atoms with Crippen molar-refractivity contribution in [3.63, 3.8) is 0 Å². The minimum absolute atomic E-state index is 0.183. The lowest BCUT2D eigenvalue weighted by Gasteiger charge is -2.02. The van der Waals surface area contributed by atoms with E-state index in [1.54, 1.807) is 0 Å². The summed E-state index contributed by atoms with van der Waals surface area (Å²) in [5.41, 5.74) is 0.631. The number of hydrogen-bond donors (Lipinski definition) is 0. The third-order valence-corrected chi connectivity index (χ3v) is 2.47. The minimum atomic E-state index is -3.14. The van der Waals surface area contributed by atoms with Gasteiger partial charge in [-0.1, -0.05) is 0 Å². The summed E-state index contributed by atoms with van der Waals surface area (Å²) in [5, 5.41) is 0. The van der Waals surface area contributed by atoms with Crippen molar-refractivity contribution in [1.82, 2.24) is 4.98 Å². The highest BCUT2D eigenvalue weighted by atomic mass is 32.2. The molecule has 0 unspecified atom stereocenters. The number of pyridine rings is 1. The molecule has 7 heteroatoms. The van der Waals surface area contributed by atoms with E-state index in [2.05, 4.69) is 9.64 Å². The molecule has 5 nitrogen and oxygen atoms in total. The van der Waals surface area contributed by atoms with E-state index in [4.69, 9.17) is 0 Å². The fraction of sp³-hybridized carbons (Fsp3) is 0.250. The van der Waals surface area contributed by atoms with Gasteiger partial charge in [0, 0.05) is 12.5 Å². The normalized spacial score (nSPS) is 11.0. The molecule has 0 atom stereocenters.